The Bertz CT molecular complexity index is 443. The lowest BCUT2D eigenvalue weighted by Crippen LogP contribution is -2.33. The van der Waals surface area contributed by atoms with Crippen LogP contribution < -0.4 is 10.1 Å². The fourth-order valence-electron chi connectivity index (χ4n) is 1.88. The third kappa shape index (κ3) is 1.59. The molecule has 1 aliphatic carbocycles. The van der Waals surface area contributed by atoms with Crippen molar-refractivity contribution in [3.8, 4) is 5.75 Å². The molecule has 1 fully saturated rings. The van der Waals surface area contributed by atoms with Crippen LogP contribution in [0.15, 0.2) is 18.2 Å². The molecule has 1 aliphatic heterocycles. The Kier molecular flexibility index (Phi) is 2.46. The summed E-state index contributed by atoms with van der Waals surface area (Å²) in [7, 11) is 0. The second-order valence-electron chi connectivity index (χ2n) is 4.13. The van der Waals surface area contributed by atoms with Crippen LogP contribution in [0.4, 0.5) is 5.69 Å². The highest BCUT2D eigenvalue weighted by Gasteiger charge is 2.48. The van der Waals surface area contributed by atoms with E-state index in [0.717, 1.165) is 25.1 Å². The van der Waals surface area contributed by atoms with Crippen LogP contribution in [0.2, 0.25) is 0 Å². The standard InChI is InChI=1S/C11H11NO3.ClH/c13-10(14)7-2-1-3-8-9(7)15-11(4-5-11)6-12-8;/h1-3,12H,4-6H2,(H,13,14);1H. The summed E-state index contributed by atoms with van der Waals surface area (Å²) in [5.74, 6) is -0.444. The highest BCUT2D eigenvalue weighted by Crippen LogP contribution is 2.47. The number of halogens is 1. The van der Waals surface area contributed by atoms with Gasteiger partial charge in [0.15, 0.2) is 5.75 Å². The lowest BCUT2D eigenvalue weighted by molar-refractivity contribution is 0.0687. The van der Waals surface area contributed by atoms with Gasteiger partial charge in [-0.1, -0.05) is 6.07 Å². The molecular formula is C11H12ClNO3. The van der Waals surface area contributed by atoms with E-state index in [-0.39, 0.29) is 23.6 Å². The summed E-state index contributed by atoms with van der Waals surface area (Å²) in [6, 6.07) is 5.14. The maximum absolute atomic E-state index is 11.0. The van der Waals surface area contributed by atoms with Crippen molar-refractivity contribution in [2.45, 2.75) is 18.4 Å². The summed E-state index contributed by atoms with van der Waals surface area (Å²) in [5.41, 5.74) is 0.900. The topological polar surface area (TPSA) is 58.6 Å². The fourth-order valence-corrected chi connectivity index (χ4v) is 1.88. The molecule has 5 heteroatoms. The molecule has 0 unspecified atom stereocenters. The van der Waals surface area contributed by atoms with Gasteiger partial charge in [-0.25, -0.2) is 4.79 Å². The van der Waals surface area contributed by atoms with E-state index in [2.05, 4.69) is 5.32 Å². The zero-order chi connectivity index (χ0) is 10.5. The number of fused-ring (bicyclic) bond motifs is 1. The number of hydrogen-bond donors (Lipinski definition) is 2. The Morgan fingerprint density at radius 1 is 1.44 bits per heavy atom. The number of anilines is 1. The molecule has 1 heterocycles. The van der Waals surface area contributed by atoms with Gasteiger partial charge in [-0.2, -0.15) is 0 Å². The molecule has 2 N–H and O–H groups in total. The fraction of sp³-hybridized carbons (Fsp3) is 0.364. The first-order chi connectivity index (χ1) is 7.20. The molecule has 0 atom stereocenters. The van der Waals surface area contributed by atoms with Gasteiger partial charge < -0.3 is 15.2 Å². The van der Waals surface area contributed by atoms with E-state index in [0.29, 0.717) is 5.75 Å². The van der Waals surface area contributed by atoms with Gasteiger partial charge in [0.2, 0.25) is 0 Å². The van der Waals surface area contributed by atoms with E-state index in [9.17, 15) is 4.79 Å². The SMILES string of the molecule is Cl.O=C(O)c1cccc2c1OC1(CC1)CN2. The van der Waals surface area contributed by atoms with E-state index in [4.69, 9.17) is 9.84 Å². The molecule has 16 heavy (non-hydrogen) atoms. The molecule has 0 amide bonds. The second-order valence-corrected chi connectivity index (χ2v) is 4.13. The summed E-state index contributed by atoms with van der Waals surface area (Å²) in [5, 5.41) is 12.2. The predicted molar refractivity (Wildman–Crippen MR) is 61.7 cm³/mol. The number of nitrogens with one attached hydrogen (secondary N) is 1. The number of ether oxygens (including phenoxy) is 1. The minimum absolute atomic E-state index is 0. The molecule has 1 spiro atoms. The van der Waals surface area contributed by atoms with E-state index in [1.165, 1.54) is 0 Å². The molecule has 0 aromatic heterocycles. The Hall–Kier alpha value is -1.42. The Labute approximate surface area is 99.0 Å². The van der Waals surface area contributed by atoms with Gasteiger partial charge in [-0.05, 0) is 25.0 Å². The summed E-state index contributed by atoms with van der Waals surface area (Å²) >= 11 is 0. The van der Waals surface area contributed by atoms with Gasteiger partial charge >= 0.3 is 5.97 Å². The van der Waals surface area contributed by atoms with Crippen molar-refractivity contribution in [2.75, 3.05) is 11.9 Å². The summed E-state index contributed by atoms with van der Waals surface area (Å²) in [6.07, 6.45) is 2.01. The van der Waals surface area contributed by atoms with E-state index >= 15 is 0 Å². The number of rotatable bonds is 1. The minimum atomic E-state index is -0.939. The third-order valence-electron chi connectivity index (χ3n) is 2.97. The van der Waals surface area contributed by atoms with Crippen molar-refractivity contribution < 1.29 is 14.6 Å². The average molecular weight is 242 g/mol. The maximum Gasteiger partial charge on any atom is 0.339 e. The first kappa shape index (κ1) is 11.1. The van der Waals surface area contributed by atoms with Gasteiger partial charge in [0.05, 0.1) is 12.2 Å². The van der Waals surface area contributed by atoms with Crippen LogP contribution >= 0.6 is 12.4 Å². The molecule has 4 nitrogen and oxygen atoms in total. The van der Waals surface area contributed by atoms with E-state index in [1.807, 2.05) is 6.07 Å². The number of carbonyl (C=O) groups is 1. The van der Waals surface area contributed by atoms with Crippen LogP contribution in [-0.2, 0) is 0 Å². The van der Waals surface area contributed by atoms with Crippen LogP contribution in [0.5, 0.6) is 5.75 Å². The normalized spacial score (nSPS) is 18.8. The van der Waals surface area contributed by atoms with Crippen LogP contribution in [-0.4, -0.2) is 23.2 Å². The lowest BCUT2D eigenvalue weighted by atomic mass is 10.1. The number of para-hydroxylation sites is 1. The molecule has 86 valence electrons. The molecular weight excluding hydrogens is 230 g/mol. The number of aromatic carboxylic acids is 1. The number of benzene rings is 1. The predicted octanol–water partition coefficient (Wildman–Crippen LogP) is 2.14. The second kappa shape index (κ2) is 3.56. The zero-order valence-electron chi connectivity index (χ0n) is 8.53. The average Bonchev–Trinajstić information content (AvgIpc) is 2.96. The van der Waals surface area contributed by atoms with Crippen LogP contribution in [0.1, 0.15) is 23.2 Å². The number of carboxylic acid groups (broad SMARTS) is 1. The Morgan fingerprint density at radius 2 is 2.19 bits per heavy atom. The summed E-state index contributed by atoms with van der Waals surface area (Å²) < 4.78 is 5.78. The third-order valence-corrected chi connectivity index (χ3v) is 2.97. The molecule has 1 saturated carbocycles. The lowest BCUT2D eigenvalue weighted by Gasteiger charge is -2.28. The first-order valence-corrected chi connectivity index (χ1v) is 4.99. The van der Waals surface area contributed by atoms with Crippen molar-refractivity contribution in [1.29, 1.82) is 0 Å². The van der Waals surface area contributed by atoms with Gasteiger partial charge in [0.1, 0.15) is 11.2 Å². The molecule has 1 aromatic carbocycles. The smallest absolute Gasteiger partial charge is 0.339 e. The van der Waals surface area contributed by atoms with Crippen LogP contribution in [0, 0.1) is 0 Å². The van der Waals surface area contributed by atoms with E-state index in [1.54, 1.807) is 12.1 Å². The highest BCUT2D eigenvalue weighted by atomic mass is 35.5. The highest BCUT2D eigenvalue weighted by molar-refractivity contribution is 5.93. The van der Waals surface area contributed by atoms with Crippen LogP contribution in [0.25, 0.3) is 0 Å². The number of hydrogen-bond acceptors (Lipinski definition) is 3. The molecule has 3 rings (SSSR count). The maximum atomic E-state index is 11.0. The zero-order valence-corrected chi connectivity index (χ0v) is 9.34. The quantitative estimate of drug-likeness (QED) is 0.791. The van der Waals surface area contributed by atoms with Crippen molar-refractivity contribution in [3.63, 3.8) is 0 Å². The first-order valence-electron chi connectivity index (χ1n) is 4.99. The van der Waals surface area contributed by atoms with Crippen molar-refractivity contribution >= 4 is 24.1 Å². The summed E-state index contributed by atoms with van der Waals surface area (Å²) in [4.78, 5) is 11.0. The van der Waals surface area contributed by atoms with Gasteiger partial charge in [-0.15, -0.1) is 12.4 Å². The largest absolute Gasteiger partial charge is 0.482 e. The van der Waals surface area contributed by atoms with Crippen LogP contribution in [0.3, 0.4) is 0 Å². The summed E-state index contributed by atoms with van der Waals surface area (Å²) in [6.45, 7) is 0.781. The van der Waals surface area contributed by atoms with Crippen molar-refractivity contribution in [1.82, 2.24) is 0 Å². The Morgan fingerprint density at radius 3 is 2.81 bits per heavy atom. The molecule has 2 aliphatic rings. The molecule has 0 bridgehead atoms. The molecule has 0 saturated heterocycles. The Balaban J connectivity index is 0.000000963. The molecule has 0 radical (unpaired) electrons. The van der Waals surface area contributed by atoms with Gasteiger partial charge in [0, 0.05) is 0 Å². The van der Waals surface area contributed by atoms with Gasteiger partial charge in [-0.3, -0.25) is 0 Å². The van der Waals surface area contributed by atoms with Gasteiger partial charge in [0.25, 0.3) is 0 Å². The monoisotopic (exact) mass is 241 g/mol. The molecule has 1 aromatic rings. The van der Waals surface area contributed by atoms with Crippen molar-refractivity contribution in [2.24, 2.45) is 0 Å². The minimum Gasteiger partial charge on any atom is -0.482 e. The van der Waals surface area contributed by atoms with Crippen molar-refractivity contribution in [3.05, 3.63) is 23.8 Å². The number of carboxylic acids is 1. The van der Waals surface area contributed by atoms with E-state index < -0.39 is 5.97 Å².